The molecule has 0 aromatic carbocycles. The van der Waals surface area contributed by atoms with Crippen molar-refractivity contribution in [2.24, 2.45) is 0 Å². The third-order valence-electron chi connectivity index (χ3n) is 6.15. The van der Waals surface area contributed by atoms with Crippen LogP contribution in [0.15, 0.2) is 31.6 Å². The Morgan fingerprint density at radius 1 is 1.00 bits per heavy atom. The van der Waals surface area contributed by atoms with Crippen LogP contribution in [0.5, 0.6) is 0 Å². The molecule has 2 aliphatic heterocycles. The van der Waals surface area contributed by atoms with Gasteiger partial charge in [-0.1, -0.05) is 0 Å². The molecular formula is C20H27N4O11PS. The van der Waals surface area contributed by atoms with Gasteiger partial charge in [0.15, 0.2) is 0 Å². The predicted octanol–water partition coefficient (Wildman–Crippen LogP) is -1.75. The number of hydrogen-bond acceptors (Lipinski definition) is 11. The molecule has 2 aliphatic rings. The van der Waals surface area contributed by atoms with Gasteiger partial charge in [0.1, 0.15) is 24.7 Å². The normalized spacial score (nSPS) is 29.4. The van der Waals surface area contributed by atoms with Gasteiger partial charge in [-0.25, -0.2) is 9.59 Å². The van der Waals surface area contributed by atoms with E-state index in [-0.39, 0.29) is 30.6 Å². The summed E-state index contributed by atoms with van der Waals surface area (Å²) in [5, 5.41) is 20.1. The number of aromatic amines is 2. The number of H-pyrrole nitrogens is 2. The van der Waals surface area contributed by atoms with E-state index in [4.69, 9.17) is 30.3 Å². The molecule has 5 N–H and O–H groups in total. The zero-order chi connectivity index (χ0) is 27.1. The molecule has 7 atom stereocenters. The minimum absolute atomic E-state index is 0.0119. The molecule has 2 aromatic rings. The number of rotatable bonds is 8. The Morgan fingerprint density at radius 3 is 2.05 bits per heavy atom. The molecule has 1 unspecified atom stereocenters. The number of ether oxygens (including phenoxy) is 2. The second-order valence-corrected chi connectivity index (χ2v) is 11.6. The fourth-order valence-electron chi connectivity index (χ4n) is 4.15. The van der Waals surface area contributed by atoms with E-state index in [1.54, 1.807) is 0 Å². The Bertz CT molecular complexity index is 1430. The fourth-order valence-corrected chi connectivity index (χ4v) is 5.63. The van der Waals surface area contributed by atoms with Crippen LogP contribution >= 0.6 is 6.72 Å². The van der Waals surface area contributed by atoms with Crippen LogP contribution in [-0.4, -0.2) is 71.8 Å². The average Bonchev–Trinajstić information content (AvgIpc) is 3.39. The van der Waals surface area contributed by atoms with Crippen molar-refractivity contribution in [3.63, 3.8) is 0 Å². The minimum atomic E-state index is -3.94. The zero-order valence-corrected chi connectivity index (χ0v) is 21.5. The van der Waals surface area contributed by atoms with Gasteiger partial charge in [0.25, 0.3) is 11.1 Å². The van der Waals surface area contributed by atoms with E-state index in [9.17, 15) is 34.3 Å². The molecular weight excluding hydrogens is 535 g/mol. The van der Waals surface area contributed by atoms with Crippen LogP contribution in [0.1, 0.15) is 36.4 Å². The van der Waals surface area contributed by atoms with Gasteiger partial charge in [0, 0.05) is 36.4 Å². The highest BCUT2D eigenvalue weighted by Gasteiger charge is 2.42. The van der Waals surface area contributed by atoms with E-state index in [1.807, 2.05) is 0 Å². The van der Waals surface area contributed by atoms with Gasteiger partial charge in [-0.3, -0.25) is 28.7 Å². The van der Waals surface area contributed by atoms with Gasteiger partial charge in [-0.15, -0.1) is 0 Å². The second kappa shape index (κ2) is 10.8. The van der Waals surface area contributed by atoms with Crippen molar-refractivity contribution in [2.75, 3.05) is 13.2 Å². The van der Waals surface area contributed by atoms with Crippen molar-refractivity contribution in [1.29, 1.82) is 0 Å². The first kappa shape index (κ1) is 27.8. The Morgan fingerprint density at radius 2 is 1.51 bits per heavy atom. The molecule has 17 heteroatoms. The van der Waals surface area contributed by atoms with Crippen LogP contribution in [0.3, 0.4) is 0 Å². The van der Waals surface area contributed by atoms with Crippen molar-refractivity contribution in [1.82, 2.24) is 19.1 Å². The third kappa shape index (κ3) is 6.08. The SMILES string of the molecule is Cc1cn([C@H]2C[C@H](OP(O)(=S)OC[C@H]3O[C@@H](n4cc(C)c(=O)[nH]c4=O)C[C@@H]3O)[C@@H](CO)O2)c(=O)[nH]c1=O. The van der Waals surface area contributed by atoms with Crippen molar-refractivity contribution in [3.05, 3.63) is 65.2 Å². The summed E-state index contributed by atoms with van der Waals surface area (Å²) >= 11 is 5.09. The zero-order valence-electron chi connectivity index (χ0n) is 19.8. The maximum Gasteiger partial charge on any atom is 0.330 e. The molecule has 0 radical (unpaired) electrons. The number of hydrogen-bond donors (Lipinski definition) is 5. The van der Waals surface area contributed by atoms with Crippen molar-refractivity contribution in [3.8, 4) is 0 Å². The maximum atomic E-state index is 12.2. The summed E-state index contributed by atoms with van der Waals surface area (Å²) < 4.78 is 24.6. The molecule has 0 aliphatic carbocycles. The highest BCUT2D eigenvalue weighted by Crippen LogP contribution is 2.49. The molecule has 2 saturated heterocycles. The van der Waals surface area contributed by atoms with Crippen LogP contribution in [0.25, 0.3) is 0 Å². The maximum absolute atomic E-state index is 12.2. The molecule has 4 rings (SSSR count). The predicted molar refractivity (Wildman–Crippen MR) is 130 cm³/mol. The van der Waals surface area contributed by atoms with E-state index in [0.29, 0.717) is 0 Å². The Hall–Kier alpha value is -2.27. The third-order valence-corrected chi connectivity index (χ3v) is 7.73. The highest BCUT2D eigenvalue weighted by atomic mass is 32.5. The molecule has 0 amide bonds. The lowest BCUT2D eigenvalue weighted by Crippen LogP contribution is -2.33. The number of aryl methyl sites for hydroxylation is 2. The lowest BCUT2D eigenvalue weighted by atomic mass is 10.2. The van der Waals surface area contributed by atoms with Gasteiger partial charge in [-0.05, 0) is 25.7 Å². The van der Waals surface area contributed by atoms with Crippen molar-refractivity contribution in [2.45, 2.75) is 63.6 Å². The van der Waals surface area contributed by atoms with Crippen LogP contribution < -0.4 is 22.5 Å². The molecule has 4 heterocycles. The molecule has 2 aromatic heterocycles. The molecule has 204 valence electrons. The summed E-state index contributed by atoms with van der Waals surface area (Å²) in [4.78, 5) is 62.5. The number of nitrogens with zero attached hydrogens (tertiary/aromatic N) is 2. The largest absolute Gasteiger partial charge is 0.394 e. The molecule has 0 bridgehead atoms. The van der Waals surface area contributed by atoms with Crippen LogP contribution in [0.4, 0.5) is 0 Å². The van der Waals surface area contributed by atoms with Gasteiger partial charge >= 0.3 is 18.1 Å². The molecule has 0 spiro atoms. The lowest BCUT2D eigenvalue weighted by molar-refractivity contribution is -0.0531. The molecule has 0 saturated carbocycles. The summed E-state index contributed by atoms with van der Waals surface area (Å²) in [5.41, 5.74) is -1.92. The monoisotopic (exact) mass is 562 g/mol. The Balaban J connectivity index is 1.39. The van der Waals surface area contributed by atoms with Gasteiger partial charge < -0.3 is 33.6 Å². The van der Waals surface area contributed by atoms with Gasteiger partial charge in [-0.2, -0.15) is 0 Å². The number of aromatic nitrogens is 4. The first-order valence-electron chi connectivity index (χ1n) is 11.3. The second-order valence-electron chi connectivity index (χ2n) is 8.85. The number of nitrogens with one attached hydrogen (secondary N) is 2. The quantitative estimate of drug-likeness (QED) is 0.227. The molecule has 15 nitrogen and oxygen atoms in total. The standard InChI is InChI=1S/C20H27N4O11PS/c1-9-5-23(19(29)21-17(9)27)15-3-11(26)14(34-15)8-32-36(31,37)35-12-4-16(33-13(12)7-25)24-6-10(2)18(28)22-20(24)30/h5-6,11-16,25-26H,3-4,7-8H2,1-2H3,(H,31,37)(H,21,27,29)(H,22,28,30)/t11-,12-,13+,14+,15+,16+,36?/m0/s1. The smallest absolute Gasteiger partial charge is 0.330 e. The first-order chi connectivity index (χ1) is 17.4. The molecule has 37 heavy (non-hydrogen) atoms. The van der Waals surface area contributed by atoms with E-state index in [1.165, 1.54) is 26.2 Å². The number of aliphatic hydroxyl groups excluding tert-OH is 2. The van der Waals surface area contributed by atoms with Crippen molar-refractivity contribution >= 4 is 18.5 Å². The topological polar surface area (TPSA) is 207 Å². The lowest BCUT2D eigenvalue weighted by Gasteiger charge is -2.24. The summed E-state index contributed by atoms with van der Waals surface area (Å²) in [6, 6.07) is 0. The van der Waals surface area contributed by atoms with Crippen LogP contribution in [-0.2, 0) is 30.3 Å². The Kier molecular flexibility index (Phi) is 8.13. The van der Waals surface area contributed by atoms with Gasteiger partial charge in [0.2, 0.25) is 0 Å². The van der Waals surface area contributed by atoms with Gasteiger partial charge in [0.05, 0.1) is 25.4 Å². The highest BCUT2D eigenvalue weighted by molar-refractivity contribution is 8.07. The summed E-state index contributed by atoms with van der Waals surface area (Å²) in [6.45, 7) is -1.79. The summed E-state index contributed by atoms with van der Waals surface area (Å²) in [5.74, 6) is 0. The van der Waals surface area contributed by atoms with E-state index in [2.05, 4.69) is 9.97 Å². The van der Waals surface area contributed by atoms with Crippen molar-refractivity contribution < 1.29 is 33.6 Å². The summed E-state index contributed by atoms with van der Waals surface area (Å²) in [6.07, 6.45) is -3.05. The fraction of sp³-hybridized carbons (Fsp3) is 0.600. The average molecular weight is 562 g/mol. The van der Waals surface area contributed by atoms with E-state index >= 15 is 0 Å². The first-order valence-corrected chi connectivity index (χ1v) is 13.9. The van der Waals surface area contributed by atoms with E-state index in [0.717, 1.165) is 9.13 Å². The van der Waals surface area contributed by atoms with Crippen LogP contribution in [0.2, 0.25) is 0 Å². The summed E-state index contributed by atoms with van der Waals surface area (Å²) in [7, 11) is 0. The van der Waals surface area contributed by atoms with Crippen LogP contribution in [0, 0.1) is 13.8 Å². The van der Waals surface area contributed by atoms with E-state index < -0.39 is 72.7 Å². The minimum Gasteiger partial charge on any atom is -0.394 e. The Labute approximate surface area is 213 Å². The molecule has 2 fully saturated rings. The number of aliphatic hydroxyl groups is 2.